The summed E-state index contributed by atoms with van der Waals surface area (Å²) in [4.78, 5) is 23.8. The van der Waals surface area contributed by atoms with Gasteiger partial charge < -0.3 is 14.9 Å². The monoisotopic (exact) mass is 392 g/mol. The van der Waals surface area contributed by atoms with Gasteiger partial charge in [-0.05, 0) is 54.2 Å². The normalized spacial score (nSPS) is 11.0. The molecule has 29 heavy (non-hydrogen) atoms. The second-order valence-electron chi connectivity index (χ2n) is 6.33. The smallest absolute Gasteiger partial charge is 0.339 e. The molecular formula is C24H24O5. The number of phenolic OH excluding ortho intramolecular Hbond substituents is 1. The average Bonchev–Trinajstić information content (AvgIpc) is 2.68. The van der Waals surface area contributed by atoms with Crippen LogP contribution in [-0.4, -0.2) is 28.8 Å². The van der Waals surface area contributed by atoms with E-state index in [4.69, 9.17) is 4.74 Å². The van der Waals surface area contributed by atoms with Gasteiger partial charge in [0, 0.05) is 11.6 Å². The van der Waals surface area contributed by atoms with Crippen molar-refractivity contribution in [2.75, 3.05) is 6.61 Å². The number of carboxylic acid groups (broad SMARTS) is 1. The van der Waals surface area contributed by atoms with Crippen molar-refractivity contribution in [2.45, 2.75) is 19.8 Å². The van der Waals surface area contributed by atoms with Crippen LogP contribution in [0.2, 0.25) is 0 Å². The van der Waals surface area contributed by atoms with Crippen molar-refractivity contribution in [1.82, 2.24) is 0 Å². The van der Waals surface area contributed by atoms with E-state index in [-0.39, 0.29) is 17.9 Å². The molecule has 0 spiro atoms. The van der Waals surface area contributed by atoms with Crippen LogP contribution in [0.15, 0.2) is 67.8 Å². The number of hydrogen-bond donors (Lipinski definition) is 2. The summed E-state index contributed by atoms with van der Waals surface area (Å²) in [7, 11) is 0. The van der Waals surface area contributed by atoms with Gasteiger partial charge in [-0.15, -0.1) is 13.2 Å². The lowest BCUT2D eigenvalue weighted by molar-refractivity contribution is -0.137. The minimum atomic E-state index is -1.26. The number of carbonyl (C=O) groups is 2. The molecule has 5 nitrogen and oxygen atoms in total. The number of aliphatic carboxylic acids is 1. The Kier molecular flexibility index (Phi) is 7.54. The second-order valence-corrected chi connectivity index (χ2v) is 6.33. The summed E-state index contributed by atoms with van der Waals surface area (Å²) in [6.07, 6.45) is 5.50. The van der Waals surface area contributed by atoms with Crippen LogP contribution in [0.5, 0.6) is 5.75 Å². The Morgan fingerprint density at radius 3 is 2.14 bits per heavy atom. The van der Waals surface area contributed by atoms with Gasteiger partial charge in [0.1, 0.15) is 5.75 Å². The fourth-order valence-electron chi connectivity index (χ4n) is 3.01. The van der Waals surface area contributed by atoms with Crippen LogP contribution in [-0.2, 0) is 27.2 Å². The van der Waals surface area contributed by atoms with E-state index >= 15 is 0 Å². The Bertz CT molecular complexity index is 969. The molecule has 2 aromatic rings. The van der Waals surface area contributed by atoms with E-state index in [1.807, 2.05) is 6.07 Å². The van der Waals surface area contributed by atoms with Crippen molar-refractivity contribution in [1.29, 1.82) is 0 Å². The van der Waals surface area contributed by atoms with Crippen LogP contribution < -0.4 is 0 Å². The van der Waals surface area contributed by atoms with Gasteiger partial charge in [-0.25, -0.2) is 9.59 Å². The van der Waals surface area contributed by atoms with E-state index in [0.717, 1.165) is 17.2 Å². The summed E-state index contributed by atoms with van der Waals surface area (Å²) in [5.41, 5.74) is 3.13. The third-order valence-electron chi connectivity index (χ3n) is 4.25. The third kappa shape index (κ3) is 5.45. The highest BCUT2D eigenvalue weighted by molar-refractivity contribution is 6.22. The van der Waals surface area contributed by atoms with Crippen LogP contribution in [0, 0.1) is 0 Å². The Hall–Kier alpha value is -3.60. The minimum Gasteiger partial charge on any atom is -0.507 e. The molecule has 0 aliphatic heterocycles. The number of rotatable bonds is 9. The van der Waals surface area contributed by atoms with Crippen molar-refractivity contribution in [2.24, 2.45) is 0 Å². The van der Waals surface area contributed by atoms with Crippen LogP contribution in [0.1, 0.15) is 23.6 Å². The van der Waals surface area contributed by atoms with E-state index in [1.165, 1.54) is 0 Å². The predicted molar refractivity (Wildman–Crippen MR) is 114 cm³/mol. The molecule has 0 bridgehead atoms. The fraction of sp³-hybridized carbons (Fsp3) is 0.167. The van der Waals surface area contributed by atoms with Gasteiger partial charge >= 0.3 is 11.9 Å². The van der Waals surface area contributed by atoms with Crippen molar-refractivity contribution >= 4 is 17.5 Å². The molecular weight excluding hydrogens is 368 g/mol. The quantitative estimate of drug-likeness (QED) is 0.372. The van der Waals surface area contributed by atoms with Crippen LogP contribution in [0.25, 0.3) is 16.7 Å². The number of esters is 1. The largest absolute Gasteiger partial charge is 0.507 e. The number of aromatic hydroxyl groups is 1. The average molecular weight is 392 g/mol. The maximum absolute atomic E-state index is 12.5. The molecule has 2 rings (SSSR count). The lowest BCUT2D eigenvalue weighted by atomic mass is 9.90. The second kappa shape index (κ2) is 10.1. The van der Waals surface area contributed by atoms with Crippen LogP contribution >= 0.6 is 0 Å². The highest BCUT2D eigenvalue weighted by Gasteiger charge is 2.21. The number of benzene rings is 2. The van der Waals surface area contributed by atoms with Crippen LogP contribution in [0.3, 0.4) is 0 Å². The molecule has 0 aromatic heterocycles. The number of phenols is 1. The Labute approximate surface area is 170 Å². The van der Waals surface area contributed by atoms with Gasteiger partial charge in [0.25, 0.3) is 0 Å². The first-order valence-corrected chi connectivity index (χ1v) is 9.20. The zero-order valence-corrected chi connectivity index (χ0v) is 16.4. The number of ether oxygens (including phenoxy) is 1. The number of carboxylic acids is 1. The lowest BCUT2D eigenvalue weighted by Crippen LogP contribution is -2.10. The number of hydrogen-bond acceptors (Lipinski definition) is 4. The summed E-state index contributed by atoms with van der Waals surface area (Å²) in [6.45, 7) is 9.23. The zero-order valence-electron chi connectivity index (χ0n) is 16.4. The molecule has 0 atom stereocenters. The molecule has 0 aliphatic carbocycles. The van der Waals surface area contributed by atoms with E-state index < -0.39 is 11.9 Å². The Morgan fingerprint density at radius 1 is 1.00 bits per heavy atom. The van der Waals surface area contributed by atoms with E-state index in [0.29, 0.717) is 29.5 Å². The zero-order chi connectivity index (χ0) is 21.4. The van der Waals surface area contributed by atoms with E-state index in [2.05, 4.69) is 13.2 Å². The van der Waals surface area contributed by atoms with Crippen molar-refractivity contribution in [3.63, 3.8) is 0 Å². The van der Waals surface area contributed by atoms with Crippen molar-refractivity contribution in [3.8, 4) is 16.9 Å². The topological polar surface area (TPSA) is 83.8 Å². The van der Waals surface area contributed by atoms with Gasteiger partial charge in [-0.2, -0.15) is 0 Å². The molecule has 0 aliphatic rings. The first-order chi connectivity index (χ1) is 13.9. The predicted octanol–water partition coefficient (Wildman–Crippen LogP) is 4.55. The first-order valence-electron chi connectivity index (χ1n) is 9.20. The molecule has 0 amide bonds. The van der Waals surface area contributed by atoms with E-state index in [1.54, 1.807) is 49.4 Å². The van der Waals surface area contributed by atoms with E-state index in [9.17, 15) is 19.8 Å². The minimum absolute atomic E-state index is 0.0216. The molecule has 0 saturated heterocycles. The first kappa shape index (κ1) is 21.7. The fourth-order valence-corrected chi connectivity index (χ4v) is 3.01. The highest BCUT2D eigenvalue weighted by atomic mass is 16.5. The van der Waals surface area contributed by atoms with Gasteiger partial charge in [-0.3, -0.25) is 0 Å². The molecule has 150 valence electrons. The summed E-state index contributed by atoms with van der Waals surface area (Å²) in [5.74, 6) is -1.98. The molecule has 0 heterocycles. The molecule has 5 heteroatoms. The SMILES string of the molecule is C=CCc1ccc(O)c(-c2cc(CC=C)ccc2/C(=C\C(=O)O)C(=O)OCC)c1. The molecule has 2 aromatic carbocycles. The van der Waals surface area contributed by atoms with Gasteiger partial charge in [0.05, 0.1) is 12.2 Å². The molecule has 2 N–H and O–H groups in total. The summed E-state index contributed by atoms with van der Waals surface area (Å²) in [5, 5.41) is 19.8. The van der Waals surface area contributed by atoms with Crippen LogP contribution in [0.4, 0.5) is 0 Å². The summed E-state index contributed by atoms with van der Waals surface area (Å²) >= 11 is 0. The summed E-state index contributed by atoms with van der Waals surface area (Å²) < 4.78 is 5.06. The maximum atomic E-state index is 12.5. The van der Waals surface area contributed by atoms with Gasteiger partial charge in [0.2, 0.25) is 0 Å². The third-order valence-corrected chi connectivity index (χ3v) is 4.25. The molecule has 0 fully saturated rings. The standard InChI is InChI=1S/C24H24O5/c1-4-7-16-9-11-18(21(15-23(26)27)24(28)29-6-3)19(13-16)20-14-17(8-5-2)10-12-22(20)25/h4-5,9-15,25H,1-2,6-8H2,3H3,(H,26,27)/b21-15+. The number of allylic oxidation sites excluding steroid dienone is 2. The molecule has 0 unspecified atom stereocenters. The highest BCUT2D eigenvalue weighted by Crippen LogP contribution is 2.37. The number of carbonyl (C=O) groups excluding carboxylic acids is 1. The maximum Gasteiger partial charge on any atom is 0.339 e. The molecule has 0 saturated carbocycles. The van der Waals surface area contributed by atoms with Gasteiger partial charge in [0.15, 0.2) is 0 Å². The summed E-state index contributed by atoms with van der Waals surface area (Å²) in [6, 6.07) is 10.4. The molecule has 0 radical (unpaired) electrons. The van der Waals surface area contributed by atoms with Crippen molar-refractivity contribution in [3.05, 3.63) is 84.5 Å². The lowest BCUT2D eigenvalue weighted by Gasteiger charge is -2.16. The Balaban J connectivity index is 2.78. The van der Waals surface area contributed by atoms with Crippen molar-refractivity contribution < 1.29 is 24.5 Å². The van der Waals surface area contributed by atoms with Gasteiger partial charge in [-0.1, -0.05) is 36.4 Å². The Morgan fingerprint density at radius 2 is 1.59 bits per heavy atom.